The lowest BCUT2D eigenvalue weighted by Crippen LogP contribution is -2.38. The van der Waals surface area contributed by atoms with Crippen molar-refractivity contribution in [3.63, 3.8) is 0 Å². The Morgan fingerprint density at radius 3 is 2.75 bits per heavy atom. The van der Waals surface area contributed by atoms with E-state index in [0.717, 1.165) is 13.1 Å². The average molecular weight is 335 g/mol. The third-order valence-electron chi connectivity index (χ3n) is 4.36. The van der Waals surface area contributed by atoms with Gasteiger partial charge in [0.25, 0.3) is 0 Å². The topological polar surface area (TPSA) is 49.4 Å². The highest BCUT2D eigenvalue weighted by Gasteiger charge is 2.47. The van der Waals surface area contributed by atoms with Crippen LogP contribution in [0.15, 0.2) is 23.1 Å². The summed E-state index contributed by atoms with van der Waals surface area (Å²) in [5, 5.41) is 3.91. The van der Waals surface area contributed by atoms with Crippen LogP contribution in [0.1, 0.15) is 6.92 Å². The number of halogens is 2. The van der Waals surface area contributed by atoms with Crippen LogP contribution in [0, 0.1) is 11.8 Å². The highest BCUT2D eigenvalue weighted by Crippen LogP contribution is 2.38. The van der Waals surface area contributed by atoms with Crippen LogP contribution in [-0.4, -0.2) is 38.4 Å². The van der Waals surface area contributed by atoms with Crippen LogP contribution in [-0.2, 0) is 10.0 Å². The number of benzene rings is 1. The van der Waals surface area contributed by atoms with Crippen molar-refractivity contribution in [3.8, 4) is 0 Å². The molecular weight excluding hydrogens is 319 g/mol. The zero-order valence-corrected chi connectivity index (χ0v) is 13.3. The minimum Gasteiger partial charge on any atom is -0.316 e. The van der Waals surface area contributed by atoms with Crippen LogP contribution in [0.25, 0.3) is 0 Å². The zero-order valence-electron chi connectivity index (χ0n) is 11.0. The number of sulfonamides is 1. The number of fused-ring (bicyclic) bond motifs is 1. The van der Waals surface area contributed by atoms with Gasteiger partial charge in [0.05, 0.1) is 5.02 Å². The Morgan fingerprint density at radius 2 is 2.05 bits per heavy atom. The molecule has 1 N–H and O–H groups in total. The number of hydrogen-bond acceptors (Lipinski definition) is 3. The van der Waals surface area contributed by atoms with Crippen LogP contribution in [0.4, 0.5) is 0 Å². The van der Waals surface area contributed by atoms with Crippen LogP contribution < -0.4 is 5.32 Å². The molecule has 0 amide bonds. The molecule has 2 fully saturated rings. The van der Waals surface area contributed by atoms with Crippen LogP contribution >= 0.6 is 23.2 Å². The molecule has 1 aromatic rings. The van der Waals surface area contributed by atoms with E-state index in [1.165, 1.54) is 12.1 Å². The second-order valence-electron chi connectivity index (χ2n) is 5.47. The van der Waals surface area contributed by atoms with Gasteiger partial charge < -0.3 is 5.32 Å². The summed E-state index contributed by atoms with van der Waals surface area (Å²) in [5.74, 6) is 0.764. The summed E-state index contributed by atoms with van der Waals surface area (Å²) in [6.07, 6.45) is 0. The summed E-state index contributed by atoms with van der Waals surface area (Å²) >= 11 is 12.0. The van der Waals surface area contributed by atoms with Crippen molar-refractivity contribution in [3.05, 3.63) is 28.2 Å². The van der Waals surface area contributed by atoms with E-state index in [-0.39, 0.29) is 16.0 Å². The average Bonchev–Trinajstić information content (AvgIpc) is 2.96. The van der Waals surface area contributed by atoms with Gasteiger partial charge >= 0.3 is 0 Å². The normalized spacial score (nSPS) is 30.6. The highest BCUT2D eigenvalue weighted by molar-refractivity contribution is 7.89. The van der Waals surface area contributed by atoms with Crippen LogP contribution in [0.3, 0.4) is 0 Å². The van der Waals surface area contributed by atoms with Gasteiger partial charge in [-0.1, -0.05) is 23.2 Å². The lowest BCUT2D eigenvalue weighted by atomic mass is 9.95. The molecule has 2 aliphatic rings. The maximum atomic E-state index is 12.8. The van der Waals surface area contributed by atoms with Crippen molar-refractivity contribution in [1.82, 2.24) is 9.62 Å². The van der Waals surface area contributed by atoms with E-state index in [1.54, 1.807) is 10.4 Å². The van der Waals surface area contributed by atoms with E-state index in [4.69, 9.17) is 23.2 Å². The fraction of sp³-hybridized carbons (Fsp3) is 0.538. The molecule has 0 bridgehead atoms. The third-order valence-corrected chi connectivity index (χ3v) is 7.03. The van der Waals surface area contributed by atoms with Gasteiger partial charge in [-0.25, -0.2) is 8.42 Å². The van der Waals surface area contributed by atoms with Crippen molar-refractivity contribution in [2.75, 3.05) is 19.6 Å². The van der Waals surface area contributed by atoms with E-state index >= 15 is 0 Å². The van der Waals surface area contributed by atoms with Gasteiger partial charge in [0, 0.05) is 17.6 Å². The minimum atomic E-state index is -3.59. The molecule has 3 unspecified atom stereocenters. The summed E-state index contributed by atoms with van der Waals surface area (Å²) in [6.45, 7) is 4.27. The Bertz CT molecular complexity index is 635. The molecule has 7 heteroatoms. The van der Waals surface area contributed by atoms with E-state index in [2.05, 4.69) is 5.32 Å². The zero-order chi connectivity index (χ0) is 14.5. The number of hydrogen-bond donors (Lipinski definition) is 1. The molecule has 3 rings (SSSR count). The third kappa shape index (κ3) is 2.25. The molecule has 110 valence electrons. The molecule has 0 radical (unpaired) electrons. The maximum absolute atomic E-state index is 12.8. The number of nitrogens with one attached hydrogen (secondary N) is 1. The quantitative estimate of drug-likeness (QED) is 0.902. The fourth-order valence-electron chi connectivity index (χ4n) is 3.25. The molecule has 0 saturated carbocycles. The number of rotatable bonds is 2. The largest absolute Gasteiger partial charge is 0.316 e. The molecule has 1 aromatic carbocycles. The van der Waals surface area contributed by atoms with Crippen molar-refractivity contribution < 1.29 is 8.42 Å². The second kappa shape index (κ2) is 5.14. The van der Waals surface area contributed by atoms with E-state index in [1.807, 2.05) is 6.92 Å². The monoisotopic (exact) mass is 334 g/mol. The van der Waals surface area contributed by atoms with Crippen molar-refractivity contribution in [2.45, 2.75) is 17.9 Å². The van der Waals surface area contributed by atoms with Gasteiger partial charge in [0.1, 0.15) is 4.90 Å². The molecule has 2 saturated heterocycles. The fourth-order valence-corrected chi connectivity index (χ4v) is 5.72. The smallest absolute Gasteiger partial charge is 0.244 e. The molecule has 4 nitrogen and oxygen atoms in total. The SMILES string of the molecule is CC1C2CNCC2CN1S(=O)(=O)c1cc(Cl)ccc1Cl. The first-order chi connectivity index (χ1) is 9.41. The Hall–Kier alpha value is -0.330. The standard InChI is InChI=1S/C13H16Cl2N2O2S/c1-8-11-6-16-5-9(11)7-17(8)20(18,19)13-4-10(14)2-3-12(13)15/h2-4,8-9,11,16H,5-7H2,1H3. The van der Waals surface area contributed by atoms with Gasteiger partial charge in [-0.15, -0.1) is 0 Å². The number of nitrogens with zero attached hydrogens (tertiary/aromatic N) is 1. The van der Waals surface area contributed by atoms with E-state index in [9.17, 15) is 8.42 Å². The Kier molecular flexibility index (Phi) is 3.75. The molecule has 0 spiro atoms. The Labute approximate surface area is 129 Å². The second-order valence-corrected chi connectivity index (χ2v) is 8.17. The van der Waals surface area contributed by atoms with Crippen LogP contribution in [0.2, 0.25) is 10.0 Å². The molecular formula is C13H16Cl2N2O2S. The van der Waals surface area contributed by atoms with Crippen molar-refractivity contribution >= 4 is 33.2 Å². The van der Waals surface area contributed by atoms with Crippen molar-refractivity contribution in [1.29, 1.82) is 0 Å². The van der Waals surface area contributed by atoms with Gasteiger partial charge in [0.2, 0.25) is 10.0 Å². The molecule has 0 aliphatic carbocycles. The van der Waals surface area contributed by atoms with Gasteiger partial charge in [-0.2, -0.15) is 4.31 Å². The first kappa shape index (κ1) is 14.6. The Morgan fingerprint density at radius 1 is 1.30 bits per heavy atom. The molecule has 3 atom stereocenters. The predicted octanol–water partition coefficient (Wildman–Crippen LogP) is 2.22. The summed E-state index contributed by atoms with van der Waals surface area (Å²) in [7, 11) is -3.59. The van der Waals surface area contributed by atoms with Gasteiger partial charge in [-0.05, 0) is 50.0 Å². The van der Waals surface area contributed by atoms with E-state index < -0.39 is 10.0 Å². The molecule has 2 heterocycles. The maximum Gasteiger partial charge on any atom is 0.244 e. The lowest BCUT2D eigenvalue weighted by Gasteiger charge is -2.24. The van der Waals surface area contributed by atoms with E-state index in [0.29, 0.717) is 23.4 Å². The summed E-state index contributed by atoms with van der Waals surface area (Å²) in [5.41, 5.74) is 0. The molecule has 0 aromatic heterocycles. The van der Waals surface area contributed by atoms with Crippen molar-refractivity contribution in [2.24, 2.45) is 11.8 Å². The molecule has 20 heavy (non-hydrogen) atoms. The summed E-state index contributed by atoms with van der Waals surface area (Å²) in [6, 6.07) is 4.53. The summed E-state index contributed by atoms with van der Waals surface area (Å²) in [4.78, 5) is 0.103. The predicted molar refractivity (Wildman–Crippen MR) is 79.7 cm³/mol. The molecule has 2 aliphatic heterocycles. The van der Waals surface area contributed by atoms with Crippen LogP contribution in [0.5, 0.6) is 0 Å². The lowest BCUT2D eigenvalue weighted by molar-refractivity contribution is 0.360. The first-order valence-corrected chi connectivity index (χ1v) is 8.78. The summed E-state index contributed by atoms with van der Waals surface area (Å²) < 4.78 is 27.2. The first-order valence-electron chi connectivity index (χ1n) is 6.59. The van der Waals surface area contributed by atoms with Gasteiger partial charge in [0.15, 0.2) is 0 Å². The minimum absolute atomic E-state index is 0.0185. The highest BCUT2D eigenvalue weighted by atomic mass is 35.5. The Balaban J connectivity index is 1.98. The van der Waals surface area contributed by atoms with Gasteiger partial charge in [-0.3, -0.25) is 0 Å².